The number of nitrogens with one attached hydrogen (secondary N) is 3. The number of carbonyl (C=O) groups is 1. The van der Waals surface area contributed by atoms with E-state index in [-0.39, 0.29) is 17.8 Å². The molecule has 2 aliphatic rings. The van der Waals surface area contributed by atoms with Gasteiger partial charge in [-0.15, -0.1) is 0 Å². The minimum atomic E-state index is -0.472. The monoisotopic (exact) mass is 355 g/mol. The van der Waals surface area contributed by atoms with Crippen LogP contribution in [0.25, 0.3) is 0 Å². The van der Waals surface area contributed by atoms with Crippen molar-refractivity contribution in [1.29, 1.82) is 0 Å². The Morgan fingerprint density at radius 1 is 1.31 bits per heavy atom. The van der Waals surface area contributed by atoms with Crippen LogP contribution in [-0.2, 0) is 16.0 Å². The maximum Gasteiger partial charge on any atom is 0.247 e. The lowest BCUT2D eigenvalue weighted by Gasteiger charge is -2.24. The van der Waals surface area contributed by atoms with Crippen LogP contribution in [0.15, 0.2) is 36.4 Å². The molecule has 4 rings (SSSR count). The highest BCUT2D eigenvalue weighted by Gasteiger charge is 2.30. The lowest BCUT2D eigenvalue weighted by atomic mass is 10.0. The smallest absolute Gasteiger partial charge is 0.247 e. The van der Waals surface area contributed by atoms with Crippen LogP contribution >= 0.6 is 0 Å². The number of rotatable bonds is 3. The molecule has 2 atom stereocenters. The zero-order valence-electron chi connectivity index (χ0n) is 14.6. The Labute approximate surface area is 151 Å². The Morgan fingerprint density at radius 2 is 2.19 bits per heavy atom. The second-order valence-corrected chi connectivity index (χ2v) is 6.82. The largest absolute Gasteiger partial charge is 0.378 e. The summed E-state index contributed by atoms with van der Waals surface area (Å²) >= 11 is 0. The minimum absolute atomic E-state index is 0.131. The Morgan fingerprint density at radius 3 is 2.96 bits per heavy atom. The van der Waals surface area contributed by atoms with E-state index in [1.807, 2.05) is 31.2 Å². The van der Waals surface area contributed by atoms with Gasteiger partial charge in [0, 0.05) is 29.9 Å². The summed E-state index contributed by atoms with van der Waals surface area (Å²) in [5, 5.41) is 9.51. The number of halogens is 1. The van der Waals surface area contributed by atoms with Gasteiger partial charge in [-0.2, -0.15) is 0 Å². The summed E-state index contributed by atoms with van der Waals surface area (Å²) in [6, 6.07) is 10.6. The predicted molar refractivity (Wildman–Crippen MR) is 98.9 cm³/mol. The highest BCUT2D eigenvalue weighted by molar-refractivity contribution is 5.98. The molecule has 2 aromatic rings. The number of amides is 1. The number of morpholine rings is 1. The fourth-order valence-electron chi connectivity index (χ4n) is 3.57. The standard InChI is InChI=1S/C20H22FN3O2/c1-12-5-6-16(21)15-10-17(24-19(12)15)20(25)23-14-4-2-3-13(9-14)18-11-26-8-7-22-18/h2-6,9,17-18,22,24H,7-8,10-11H2,1H3,(H,23,25). The molecule has 0 saturated carbocycles. The molecule has 1 amide bonds. The normalized spacial score (nSPS) is 21.8. The van der Waals surface area contributed by atoms with Gasteiger partial charge in [0.05, 0.1) is 19.3 Å². The van der Waals surface area contributed by atoms with Gasteiger partial charge >= 0.3 is 0 Å². The third-order valence-corrected chi connectivity index (χ3v) is 4.99. The maximum absolute atomic E-state index is 14.0. The average Bonchev–Trinajstić information content (AvgIpc) is 3.13. The molecule has 2 heterocycles. The Kier molecular flexibility index (Phi) is 4.61. The highest BCUT2D eigenvalue weighted by atomic mass is 19.1. The number of anilines is 2. The van der Waals surface area contributed by atoms with Crippen LogP contribution in [0.2, 0.25) is 0 Å². The van der Waals surface area contributed by atoms with E-state index in [0.717, 1.165) is 35.7 Å². The number of carbonyl (C=O) groups excluding carboxylic acids is 1. The lowest BCUT2D eigenvalue weighted by Crippen LogP contribution is -2.35. The first-order chi connectivity index (χ1) is 12.6. The van der Waals surface area contributed by atoms with Crippen LogP contribution in [0.3, 0.4) is 0 Å². The van der Waals surface area contributed by atoms with Gasteiger partial charge in [-0.3, -0.25) is 4.79 Å². The fourth-order valence-corrected chi connectivity index (χ4v) is 3.57. The van der Waals surface area contributed by atoms with Crippen molar-refractivity contribution in [1.82, 2.24) is 5.32 Å². The van der Waals surface area contributed by atoms with Crippen LogP contribution in [-0.4, -0.2) is 31.7 Å². The van der Waals surface area contributed by atoms with E-state index >= 15 is 0 Å². The van der Waals surface area contributed by atoms with Gasteiger partial charge < -0.3 is 20.7 Å². The lowest BCUT2D eigenvalue weighted by molar-refractivity contribution is -0.116. The fraction of sp³-hybridized carbons (Fsp3) is 0.350. The van der Waals surface area contributed by atoms with Crippen molar-refractivity contribution in [3.8, 4) is 0 Å². The van der Waals surface area contributed by atoms with Gasteiger partial charge in [0.15, 0.2) is 0 Å². The molecule has 1 fully saturated rings. The zero-order valence-corrected chi connectivity index (χ0v) is 14.6. The zero-order chi connectivity index (χ0) is 18.1. The SMILES string of the molecule is Cc1ccc(F)c2c1NC(C(=O)Nc1cccc(C3COCCN3)c1)C2. The molecule has 1 saturated heterocycles. The van der Waals surface area contributed by atoms with Crippen LogP contribution < -0.4 is 16.0 Å². The van der Waals surface area contributed by atoms with Crippen molar-refractivity contribution < 1.29 is 13.9 Å². The molecule has 3 N–H and O–H groups in total. The topological polar surface area (TPSA) is 62.4 Å². The maximum atomic E-state index is 14.0. The number of ether oxygens (including phenoxy) is 1. The number of benzene rings is 2. The number of fused-ring (bicyclic) bond motifs is 1. The van der Waals surface area contributed by atoms with Crippen molar-refractivity contribution >= 4 is 17.3 Å². The van der Waals surface area contributed by atoms with Crippen molar-refractivity contribution in [3.63, 3.8) is 0 Å². The van der Waals surface area contributed by atoms with Gasteiger partial charge in [0.1, 0.15) is 11.9 Å². The van der Waals surface area contributed by atoms with Gasteiger partial charge in [-0.25, -0.2) is 4.39 Å². The molecular weight excluding hydrogens is 333 g/mol. The van der Waals surface area contributed by atoms with E-state index in [2.05, 4.69) is 16.0 Å². The molecule has 0 bridgehead atoms. The Bertz CT molecular complexity index is 803. The van der Waals surface area contributed by atoms with Crippen molar-refractivity contribution in [2.75, 3.05) is 30.4 Å². The number of aryl methyl sites for hydroxylation is 1. The van der Waals surface area contributed by atoms with Crippen LogP contribution in [0.5, 0.6) is 0 Å². The molecule has 0 aromatic heterocycles. The summed E-state index contributed by atoms with van der Waals surface area (Å²) in [4.78, 5) is 12.7. The summed E-state index contributed by atoms with van der Waals surface area (Å²) in [5.74, 6) is -0.427. The van der Waals surface area contributed by atoms with Gasteiger partial charge in [-0.1, -0.05) is 18.2 Å². The van der Waals surface area contributed by atoms with Crippen LogP contribution in [0, 0.1) is 12.7 Å². The van der Waals surface area contributed by atoms with E-state index in [9.17, 15) is 9.18 Å². The number of hydrogen-bond donors (Lipinski definition) is 3. The molecule has 0 aliphatic carbocycles. The van der Waals surface area contributed by atoms with Crippen molar-refractivity contribution in [2.24, 2.45) is 0 Å². The molecule has 26 heavy (non-hydrogen) atoms. The van der Waals surface area contributed by atoms with E-state index < -0.39 is 6.04 Å². The van der Waals surface area contributed by atoms with E-state index in [1.165, 1.54) is 6.07 Å². The third kappa shape index (κ3) is 3.30. The molecule has 0 spiro atoms. The van der Waals surface area contributed by atoms with Gasteiger partial charge in [-0.05, 0) is 36.2 Å². The van der Waals surface area contributed by atoms with Crippen molar-refractivity contribution in [3.05, 3.63) is 58.9 Å². The predicted octanol–water partition coefficient (Wildman–Crippen LogP) is 2.77. The first-order valence-corrected chi connectivity index (χ1v) is 8.88. The van der Waals surface area contributed by atoms with Crippen LogP contribution in [0.4, 0.5) is 15.8 Å². The number of hydrogen-bond acceptors (Lipinski definition) is 4. The summed E-state index contributed by atoms with van der Waals surface area (Å²) < 4.78 is 19.5. The second-order valence-electron chi connectivity index (χ2n) is 6.82. The first kappa shape index (κ1) is 17.0. The average molecular weight is 355 g/mol. The molecule has 6 heteroatoms. The second kappa shape index (κ2) is 7.05. The Hall–Kier alpha value is -2.44. The molecule has 5 nitrogen and oxygen atoms in total. The molecule has 2 unspecified atom stereocenters. The molecule has 2 aromatic carbocycles. The van der Waals surface area contributed by atoms with E-state index in [4.69, 9.17) is 4.74 Å². The first-order valence-electron chi connectivity index (χ1n) is 8.88. The molecule has 0 radical (unpaired) electrons. The summed E-state index contributed by atoms with van der Waals surface area (Å²) in [6.45, 7) is 4.07. The summed E-state index contributed by atoms with van der Waals surface area (Å²) in [6.07, 6.45) is 0.354. The van der Waals surface area contributed by atoms with Crippen LogP contribution in [0.1, 0.15) is 22.7 Å². The summed E-state index contributed by atoms with van der Waals surface area (Å²) in [5.41, 5.74) is 4.08. The Balaban J connectivity index is 1.46. The molecular formula is C20H22FN3O2. The van der Waals surface area contributed by atoms with Gasteiger partial charge in [0.25, 0.3) is 0 Å². The third-order valence-electron chi connectivity index (χ3n) is 4.99. The summed E-state index contributed by atoms with van der Waals surface area (Å²) in [7, 11) is 0. The van der Waals surface area contributed by atoms with E-state index in [1.54, 1.807) is 6.07 Å². The van der Waals surface area contributed by atoms with Crippen molar-refractivity contribution in [2.45, 2.75) is 25.4 Å². The molecule has 136 valence electrons. The quantitative estimate of drug-likeness (QED) is 0.792. The molecule has 2 aliphatic heterocycles. The highest BCUT2D eigenvalue weighted by Crippen LogP contribution is 2.32. The van der Waals surface area contributed by atoms with Gasteiger partial charge in [0.2, 0.25) is 5.91 Å². The minimum Gasteiger partial charge on any atom is -0.378 e. The van der Waals surface area contributed by atoms with E-state index in [0.29, 0.717) is 18.6 Å².